The molecule has 0 spiro atoms. The molecule has 0 heterocycles. The second-order valence-corrected chi connectivity index (χ2v) is 6.30. The average Bonchev–Trinajstić information content (AvgIpc) is 3.05. The van der Waals surface area contributed by atoms with E-state index in [0.717, 1.165) is 36.4 Å². The van der Waals surface area contributed by atoms with Gasteiger partial charge >= 0.3 is 17.4 Å². The molecule has 1 aliphatic carbocycles. The zero-order chi connectivity index (χ0) is 26.0. The van der Waals surface area contributed by atoms with E-state index in [9.17, 15) is 44.7 Å². The molecule has 170 valence electrons. The van der Waals surface area contributed by atoms with Gasteiger partial charge in [0, 0.05) is 34.9 Å². The number of nitro benzene ring substituents is 3. The molecule has 1 aliphatic rings. The van der Waals surface area contributed by atoms with Gasteiger partial charge in [0.1, 0.15) is 12.1 Å². The summed E-state index contributed by atoms with van der Waals surface area (Å²) < 4.78 is 0. The molecule has 34 heavy (non-hydrogen) atoms. The van der Waals surface area contributed by atoms with Gasteiger partial charge in [0.05, 0.1) is 26.4 Å². The minimum absolute atomic E-state index is 0.0597. The lowest BCUT2D eigenvalue weighted by atomic mass is 9.93. The van der Waals surface area contributed by atoms with Gasteiger partial charge < -0.3 is 10.2 Å². The molecular formula is C18H7N5O11. The first-order valence-electron chi connectivity index (χ1n) is 8.42. The highest BCUT2D eigenvalue weighted by atomic mass is 16.6. The lowest BCUT2D eigenvalue weighted by molar-refractivity contribution is -0.393. The summed E-state index contributed by atoms with van der Waals surface area (Å²) in [5, 5.41) is 65.4. The van der Waals surface area contributed by atoms with Gasteiger partial charge in [-0.1, -0.05) is 0 Å². The molecule has 3 rings (SSSR count). The standard InChI is InChI=1S/C13H5N3O7.C5H2N2O4/c17-13-9-3-6(14(18)19)1-2-8(9)12-10(13)4-7(15(20)21)5-11(12)16(22)23;6-1-5(2-7,3(8)9)4(10)11/h1-5H;(H,8,9)(H,10,11). The highest BCUT2D eigenvalue weighted by molar-refractivity contribution is 6.23. The fraction of sp³-hybridized carbons (Fsp3) is 0.0556. The fourth-order valence-corrected chi connectivity index (χ4v) is 2.83. The SMILES string of the molecule is N#CC(C#N)(C(=O)O)C(=O)O.O=C1c2cc([N+](=O)[O-])ccc2-c2c1cc([N+](=O)[O-])cc2[N+](=O)[O-]. The summed E-state index contributed by atoms with van der Waals surface area (Å²) in [4.78, 5) is 63.0. The fourth-order valence-electron chi connectivity index (χ4n) is 2.83. The number of benzene rings is 2. The number of carboxylic acids is 2. The Kier molecular flexibility index (Phi) is 6.32. The van der Waals surface area contributed by atoms with E-state index >= 15 is 0 Å². The maximum atomic E-state index is 12.3. The van der Waals surface area contributed by atoms with Crippen molar-refractivity contribution in [2.24, 2.45) is 5.41 Å². The first-order valence-corrected chi connectivity index (χ1v) is 8.42. The van der Waals surface area contributed by atoms with Crippen LogP contribution < -0.4 is 0 Å². The van der Waals surface area contributed by atoms with Crippen LogP contribution in [0, 0.1) is 58.4 Å². The van der Waals surface area contributed by atoms with E-state index in [0.29, 0.717) is 0 Å². The van der Waals surface area contributed by atoms with Crippen LogP contribution in [0.3, 0.4) is 0 Å². The van der Waals surface area contributed by atoms with Crippen molar-refractivity contribution >= 4 is 34.8 Å². The Balaban J connectivity index is 0.000000316. The number of rotatable bonds is 5. The second kappa shape index (κ2) is 8.77. The topological polar surface area (TPSA) is 269 Å². The van der Waals surface area contributed by atoms with Gasteiger partial charge in [0.2, 0.25) is 0 Å². The van der Waals surface area contributed by atoms with Crippen LogP contribution in [0.4, 0.5) is 17.1 Å². The Morgan fingerprint density at radius 2 is 1.29 bits per heavy atom. The molecule has 2 N–H and O–H groups in total. The first-order chi connectivity index (χ1) is 15.8. The highest BCUT2D eigenvalue weighted by Gasteiger charge is 2.48. The van der Waals surface area contributed by atoms with Crippen LogP contribution in [-0.2, 0) is 9.59 Å². The summed E-state index contributed by atoms with van der Waals surface area (Å²) in [7, 11) is 0. The van der Waals surface area contributed by atoms with Gasteiger partial charge in [-0.2, -0.15) is 10.5 Å². The summed E-state index contributed by atoms with van der Waals surface area (Å²) in [6.07, 6.45) is 0. The third-order valence-corrected chi connectivity index (χ3v) is 4.46. The number of non-ortho nitro benzene ring substituents is 2. The maximum Gasteiger partial charge on any atom is 0.350 e. The number of nitro groups is 3. The molecule has 16 nitrogen and oxygen atoms in total. The smallest absolute Gasteiger partial charge is 0.350 e. The predicted molar refractivity (Wildman–Crippen MR) is 104 cm³/mol. The number of aliphatic carboxylic acids is 2. The number of carboxylic acid groups (broad SMARTS) is 2. The third kappa shape index (κ3) is 3.92. The van der Waals surface area contributed by atoms with E-state index in [2.05, 4.69) is 0 Å². The van der Waals surface area contributed by atoms with E-state index in [1.165, 1.54) is 6.07 Å². The molecule has 2 aromatic carbocycles. The normalized spacial score (nSPS) is 10.9. The molecule has 0 aromatic heterocycles. The minimum Gasteiger partial charge on any atom is -0.479 e. The van der Waals surface area contributed by atoms with Crippen LogP contribution in [0.1, 0.15) is 15.9 Å². The van der Waals surface area contributed by atoms with Crippen LogP contribution in [0.2, 0.25) is 0 Å². The van der Waals surface area contributed by atoms with Gasteiger partial charge in [-0.3, -0.25) is 35.1 Å². The number of carbonyl (C=O) groups is 3. The molecule has 0 saturated carbocycles. The van der Waals surface area contributed by atoms with Crippen LogP contribution in [-0.4, -0.2) is 42.7 Å². The van der Waals surface area contributed by atoms with Gasteiger partial charge in [-0.05, 0) is 6.07 Å². The Morgan fingerprint density at radius 1 is 0.794 bits per heavy atom. The van der Waals surface area contributed by atoms with E-state index in [1.54, 1.807) is 0 Å². The molecule has 16 heteroatoms. The molecule has 0 fully saturated rings. The molecule has 2 aromatic rings. The van der Waals surface area contributed by atoms with Crippen molar-refractivity contribution in [1.82, 2.24) is 0 Å². The van der Waals surface area contributed by atoms with Crippen LogP contribution in [0.25, 0.3) is 11.1 Å². The van der Waals surface area contributed by atoms with Crippen molar-refractivity contribution < 1.29 is 39.4 Å². The van der Waals surface area contributed by atoms with Crippen molar-refractivity contribution in [1.29, 1.82) is 10.5 Å². The molecule has 0 amide bonds. The molecular weight excluding hydrogens is 462 g/mol. The monoisotopic (exact) mass is 469 g/mol. The number of hydrogen-bond acceptors (Lipinski definition) is 11. The summed E-state index contributed by atoms with van der Waals surface area (Å²) in [5.74, 6) is -4.67. The number of fused-ring (bicyclic) bond motifs is 3. The number of nitriles is 2. The summed E-state index contributed by atoms with van der Waals surface area (Å²) in [6.45, 7) is 0. The van der Waals surface area contributed by atoms with Gasteiger partial charge in [0.15, 0.2) is 5.78 Å². The summed E-state index contributed by atoms with van der Waals surface area (Å²) in [6, 6.07) is 6.87. The Labute approximate surface area is 185 Å². The van der Waals surface area contributed by atoms with Crippen molar-refractivity contribution in [2.75, 3.05) is 0 Å². The van der Waals surface area contributed by atoms with Gasteiger partial charge in [-0.25, -0.2) is 9.59 Å². The molecule has 0 atom stereocenters. The third-order valence-electron chi connectivity index (χ3n) is 4.46. The quantitative estimate of drug-likeness (QED) is 0.307. The summed E-state index contributed by atoms with van der Waals surface area (Å²) >= 11 is 0. The number of hydrogen-bond donors (Lipinski definition) is 2. The summed E-state index contributed by atoms with van der Waals surface area (Å²) in [5.41, 5.74) is -4.70. The van der Waals surface area contributed by atoms with E-state index < -0.39 is 49.3 Å². The Morgan fingerprint density at radius 3 is 1.68 bits per heavy atom. The molecule has 0 aliphatic heterocycles. The highest BCUT2D eigenvalue weighted by Crippen LogP contribution is 2.45. The van der Waals surface area contributed by atoms with Crippen LogP contribution in [0.5, 0.6) is 0 Å². The van der Waals surface area contributed by atoms with Gasteiger partial charge in [0.25, 0.3) is 17.1 Å². The predicted octanol–water partition coefficient (Wildman–Crippen LogP) is 1.81. The zero-order valence-corrected chi connectivity index (χ0v) is 16.2. The molecule has 0 bridgehead atoms. The Hall–Kier alpha value is -5.77. The van der Waals surface area contributed by atoms with Crippen molar-refractivity contribution in [3.8, 4) is 23.3 Å². The van der Waals surface area contributed by atoms with Crippen LogP contribution in [0.15, 0.2) is 30.3 Å². The van der Waals surface area contributed by atoms with Crippen molar-refractivity contribution in [2.45, 2.75) is 0 Å². The lowest BCUT2D eigenvalue weighted by Gasteiger charge is -2.04. The van der Waals surface area contributed by atoms with E-state index in [-0.39, 0.29) is 27.9 Å². The molecule has 0 radical (unpaired) electrons. The van der Waals surface area contributed by atoms with E-state index in [4.69, 9.17) is 20.7 Å². The number of nitrogens with zero attached hydrogens (tertiary/aromatic N) is 5. The zero-order valence-electron chi connectivity index (χ0n) is 16.2. The maximum absolute atomic E-state index is 12.3. The first kappa shape index (κ1) is 24.5. The lowest BCUT2D eigenvalue weighted by Crippen LogP contribution is -2.36. The van der Waals surface area contributed by atoms with Crippen molar-refractivity contribution in [3.05, 3.63) is 71.8 Å². The van der Waals surface area contributed by atoms with Crippen molar-refractivity contribution in [3.63, 3.8) is 0 Å². The average molecular weight is 469 g/mol. The molecule has 0 saturated heterocycles. The largest absolute Gasteiger partial charge is 0.479 e. The molecule has 0 unspecified atom stereocenters. The Bertz CT molecular complexity index is 1370. The van der Waals surface area contributed by atoms with Crippen LogP contribution >= 0.6 is 0 Å². The van der Waals surface area contributed by atoms with E-state index in [1.807, 2.05) is 0 Å². The number of carbonyl (C=O) groups excluding carboxylic acids is 1. The van der Waals surface area contributed by atoms with Gasteiger partial charge in [-0.15, -0.1) is 0 Å². The number of ketones is 1. The second-order valence-electron chi connectivity index (χ2n) is 6.30. The minimum atomic E-state index is -2.97.